The van der Waals surface area contributed by atoms with Crippen molar-refractivity contribution in [2.45, 2.75) is 25.1 Å². The fourth-order valence-corrected chi connectivity index (χ4v) is 1.35. The van der Waals surface area contributed by atoms with E-state index in [1.54, 1.807) is 6.07 Å². The molecule has 0 amide bonds. The van der Waals surface area contributed by atoms with Gasteiger partial charge in [-0.2, -0.15) is 18.4 Å². The molecule has 18 heavy (non-hydrogen) atoms. The average molecular weight is 283 g/mol. The molecule has 1 atom stereocenters. The van der Waals surface area contributed by atoms with Crippen LogP contribution < -0.4 is 5.73 Å². The van der Waals surface area contributed by atoms with Crippen LogP contribution in [-0.2, 0) is 0 Å². The molecule has 0 spiro atoms. The monoisotopic (exact) mass is 282 g/mol. The maximum Gasteiger partial charge on any atom is 0.389 e. The first-order valence-corrected chi connectivity index (χ1v) is 4.85. The van der Waals surface area contributed by atoms with Crippen molar-refractivity contribution in [3.05, 3.63) is 35.1 Å². The molecule has 7 heteroatoms. The van der Waals surface area contributed by atoms with E-state index in [2.05, 4.69) is 0 Å². The zero-order valence-electron chi connectivity index (χ0n) is 9.17. The van der Waals surface area contributed by atoms with Crippen LogP contribution in [0.15, 0.2) is 18.2 Å². The van der Waals surface area contributed by atoms with Gasteiger partial charge in [-0.1, -0.05) is 6.07 Å². The first-order valence-electron chi connectivity index (χ1n) is 4.85. The lowest BCUT2D eigenvalue weighted by atomic mass is 10.0. The molecule has 1 rings (SSSR count). The van der Waals surface area contributed by atoms with Gasteiger partial charge in [-0.3, -0.25) is 0 Å². The van der Waals surface area contributed by atoms with Gasteiger partial charge in [0.2, 0.25) is 0 Å². The molecule has 0 radical (unpaired) electrons. The Balaban J connectivity index is 0.00000289. The van der Waals surface area contributed by atoms with Gasteiger partial charge in [-0.25, -0.2) is 4.39 Å². The maximum absolute atomic E-state index is 13.0. The molecule has 1 aromatic rings. The number of hydrogen-bond acceptors (Lipinski definition) is 2. The predicted octanol–water partition coefficient (Wildman–Crippen LogP) is 3.46. The van der Waals surface area contributed by atoms with Crippen LogP contribution in [0.2, 0.25) is 0 Å². The summed E-state index contributed by atoms with van der Waals surface area (Å²) >= 11 is 0. The van der Waals surface area contributed by atoms with Gasteiger partial charge in [-0.05, 0) is 24.1 Å². The molecule has 0 aliphatic carbocycles. The molecule has 0 saturated heterocycles. The normalized spacial score (nSPS) is 12.4. The second-order valence-electron chi connectivity index (χ2n) is 3.61. The fraction of sp³-hybridized carbons (Fsp3) is 0.364. The number of hydrogen-bond donors (Lipinski definition) is 1. The Morgan fingerprint density at radius 3 is 2.44 bits per heavy atom. The third-order valence-electron chi connectivity index (χ3n) is 2.28. The minimum absolute atomic E-state index is 0. The van der Waals surface area contributed by atoms with Crippen molar-refractivity contribution < 1.29 is 17.6 Å². The number of alkyl halides is 3. The second kappa shape index (κ2) is 6.57. The van der Waals surface area contributed by atoms with Gasteiger partial charge in [0.15, 0.2) is 0 Å². The molecule has 0 aliphatic heterocycles. The predicted molar refractivity (Wildman–Crippen MR) is 60.6 cm³/mol. The van der Waals surface area contributed by atoms with Crippen molar-refractivity contribution in [3.63, 3.8) is 0 Å². The lowest BCUT2D eigenvalue weighted by Crippen LogP contribution is -2.16. The second-order valence-corrected chi connectivity index (χ2v) is 3.61. The summed E-state index contributed by atoms with van der Waals surface area (Å²) in [5, 5.41) is 8.57. The van der Waals surface area contributed by atoms with Gasteiger partial charge < -0.3 is 5.73 Å². The Kier molecular flexibility index (Phi) is 6.09. The molecule has 1 aromatic carbocycles. The van der Waals surface area contributed by atoms with E-state index in [0.717, 1.165) is 6.07 Å². The van der Waals surface area contributed by atoms with Crippen LogP contribution in [0.4, 0.5) is 17.6 Å². The molecule has 2 N–H and O–H groups in total. The summed E-state index contributed by atoms with van der Waals surface area (Å²) in [7, 11) is 0. The summed E-state index contributed by atoms with van der Waals surface area (Å²) < 4.78 is 48.9. The lowest BCUT2D eigenvalue weighted by Gasteiger charge is -2.13. The van der Waals surface area contributed by atoms with Crippen LogP contribution >= 0.6 is 12.4 Å². The Bertz CT molecular complexity index is 440. The van der Waals surface area contributed by atoms with E-state index in [0.29, 0.717) is 5.56 Å². The van der Waals surface area contributed by atoms with Crippen molar-refractivity contribution in [1.82, 2.24) is 0 Å². The summed E-state index contributed by atoms with van der Waals surface area (Å²) in [6.45, 7) is 0. The first-order chi connectivity index (χ1) is 7.83. The molecule has 0 aliphatic rings. The van der Waals surface area contributed by atoms with Crippen molar-refractivity contribution in [2.75, 3.05) is 0 Å². The van der Waals surface area contributed by atoms with Gasteiger partial charge in [0.05, 0.1) is 5.56 Å². The molecule has 0 aromatic heterocycles. The first kappa shape index (κ1) is 16.7. The third-order valence-corrected chi connectivity index (χ3v) is 2.28. The number of nitrogens with two attached hydrogens (primary N) is 1. The molecule has 100 valence electrons. The molecule has 2 nitrogen and oxygen atoms in total. The topological polar surface area (TPSA) is 49.8 Å². The molecule has 0 bridgehead atoms. The smallest absolute Gasteiger partial charge is 0.324 e. The van der Waals surface area contributed by atoms with Crippen molar-refractivity contribution in [2.24, 2.45) is 5.73 Å². The summed E-state index contributed by atoms with van der Waals surface area (Å²) in [4.78, 5) is 0. The van der Waals surface area contributed by atoms with Crippen molar-refractivity contribution in [1.29, 1.82) is 5.26 Å². The van der Waals surface area contributed by atoms with Crippen molar-refractivity contribution >= 4 is 12.4 Å². The van der Waals surface area contributed by atoms with Crippen LogP contribution in [0.5, 0.6) is 0 Å². The van der Waals surface area contributed by atoms with Gasteiger partial charge in [-0.15, -0.1) is 12.4 Å². The maximum atomic E-state index is 13.0. The molecule has 0 saturated carbocycles. The van der Waals surface area contributed by atoms with Gasteiger partial charge >= 0.3 is 6.18 Å². The van der Waals surface area contributed by atoms with E-state index in [-0.39, 0.29) is 24.4 Å². The molecule has 0 heterocycles. The Hall–Kier alpha value is -1.32. The Morgan fingerprint density at radius 2 is 1.94 bits per heavy atom. The van der Waals surface area contributed by atoms with E-state index in [9.17, 15) is 17.6 Å². The molecular weight excluding hydrogens is 272 g/mol. The van der Waals surface area contributed by atoms with Crippen LogP contribution in [0.25, 0.3) is 0 Å². The van der Waals surface area contributed by atoms with Crippen LogP contribution in [-0.4, -0.2) is 6.18 Å². The van der Waals surface area contributed by atoms with Gasteiger partial charge in [0.1, 0.15) is 11.9 Å². The van der Waals surface area contributed by atoms with Crippen LogP contribution in [0.1, 0.15) is 30.0 Å². The number of nitrogens with zero attached hydrogens (tertiary/aromatic N) is 1. The van der Waals surface area contributed by atoms with Crippen molar-refractivity contribution in [3.8, 4) is 6.07 Å². The zero-order valence-corrected chi connectivity index (χ0v) is 9.98. The number of nitriles is 1. The van der Waals surface area contributed by atoms with E-state index in [1.807, 2.05) is 0 Å². The Labute approximate surface area is 108 Å². The minimum Gasteiger partial charge on any atom is -0.324 e. The number of halogens is 5. The highest BCUT2D eigenvalue weighted by Gasteiger charge is 2.27. The highest BCUT2D eigenvalue weighted by atomic mass is 35.5. The molecule has 0 unspecified atom stereocenters. The fourth-order valence-electron chi connectivity index (χ4n) is 1.35. The van der Waals surface area contributed by atoms with E-state index in [1.165, 1.54) is 12.1 Å². The minimum atomic E-state index is -4.27. The highest BCUT2D eigenvalue weighted by Crippen LogP contribution is 2.26. The summed E-state index contributed by atoms with van der Waals surface area (Å²) in [5.41, 5.74) is 5.65. The Morgan fingerprint density at radius 1 is 1.33 bits per heavy atom. The molecular formula is C11H11ClF4N2. The van der Waals surface area contributed by atoms with Crippen LogP contribution in [0, 0.1) is 17.1 Å². The van der Waals surface area contributed by atoms with E-state index >= 15 is 0 Å². The zero-order chi connectivity index (χ0) is 13.1. The number of rotatable bonds is 3. The van der Waals surface area contributed by atoms with Gasteiger partial charge in [0, 0.05) is 12.5 Å². The average Bonchev–Trinajstić information content (AvgIpc) is 2.25. The van der Waals surface area contributed by atoms with Gasteiger partial charge in [0.25, 0.3) is 0 Å². The molecule has 0 fully saturated rings. The SMILES string of the molecule is Cl.N#Cc1cc([C@H](N)CCC(F)(F)F)ccc1F. The lowest BCUT2D eigenvalue weighted by molar-refractivity contribution is -0.136. The third kappa shape index (κ3) is 4.90. The quantitative estimate of drug-likeness (QED) is 0.863. The number of benzene rings is 1. The summed E-state index contributed by atoms with van der Waals surface area (Å²) in [6.07, 6.45) is -5.57. The van der Waals surface area contributed by atoms with Crippen LogP contribution in [0.3, 0.4) is 0 Å². The highest BCUT2D eigenvalue weighted by molar-refractivity contribution is 5.85. The van der Waals surface area contributed by atoms with E-state index in [4.69, 9.17) is 11.0 Å². The standard InChI is InChI=1S/C11H10F4N2.ClH/c12-9-2-1-7(5-8(9)6-16)10(17)3-4-11(13,14)15;/h1-2,5,10H,3-4,17H2;1H/t10-;/m1./s1. The summed E-state index contributed by atoms with van der Waals surface area (Å²) in [5.74, 6) is -0.709. The largest absolute Gasteiger partial charge is 0.389 e. The van der Waals surface area contributed by atoms with E-state index < -0.39 is 24.5 Å². The summed E-state index contributed by atoms with van der Waals surface area (Å²) in [6, 6.07) is 4.25.